The van der Waals surface area contributed by atoms with Crippen molar-refractivity contribution >= 4 is 22.4 Å². The predicted molar refractivity (Wildman–Crippen MR) is 96.5 cm³/mol. The van der Waals surface area contributed by atoms with Gasteiger partial charge in [-0.1, -0.05) is 30.3 Å². The third-order valence-electron chi connectivity index (χ3n) is 4.15. The Labute approximate surface area is 146 Å². The van der Waals surface area contributed by atoms with E-state index < -0.39 is 0 Å². The number of hydrogen-bond donors (Lipinski definition) is 0. The van der Waals surface area contributed by atoms with Crippen LogP contribution in [0.1, 0.15) is 12.0 Å². The molecule has 1 atom stereocenters. The van der Waals surface area contributed by atoms with Crippen LogP contribution < -0.4 is 4.90 Å². The van der Waals surface area contributed by atoms with E-state index in [2.05, 4.69) is 29.1 Å². The van der Waals surface area contributed by atoms with E-state index in [-0.39, 0.29) is 12.0 Å². The number of thiazole rings is 1. The zero-order valence-corrected chi connectivity index (χ0v) is 14.7. The number of rotatable bonds is 6. The lowest BCUT2D eigenvalue weighted by atomic mass is 10.1. The number of aromatic nitrogens is 1. The Kier molecular flexibility index (Phi) is 5.96. The van der Waals surface area contributed by atoms with Gasteiger partial charge in [-0.05, 0) is 19.0 Å². The van der Waals surface area contributed by atoms with Crippen LogP contribution >= 0.6 is 11.3 Å². The number of benzene rings is 1. The summed E-state index contributed by atoms with van der Waals surface area (Å²) in [5.74, 6) is 0.102. The van der Waals surface area contributed by atoms with Crippen molar-refractivity contribution in [1.29, 1.82) is 0 Å². The van der Waals surface area contributed by atoms with Gasteiger partial charge >= 0.3 is 0 Å². The zero-order chi connectivity index (χ0) is 16.8. The molecular weight excluding hydrogens is 322 g/mol. The van der Waals surface area contributed by atoms with Crippen molar-refractivity contribution in [2.45, 2.75) is 18.9 Å². The van der Waals surface area contributed by atoms with Crippen molar-refractivity contribution in [2.75, 3.05) is 38.2 Å². The minimum absolute atomic E-state index is 0.0355. The highest BCUT2D eigenvalue weighted by molar-refractivity contribution is 7.13. The largest absolute Gasteiger partial charge is 0.374 e. The Balaban J connectivity index is 1.64. The van der Waals surface area contributed by atoms with E-state index in [0.29, 0.717) is 19.6 Å². The fourth-order valence-corrected chi connectivity index (χ4v) is 3.52. The van der Waals surface area contributed by atoms with Crippen LogP contribution in [0.4, 0.5) is 5.13 Å². The van der Waals surface area contributed by atoms with Crippen molar-refractivity contribution < 1.29 is 9.53 Å². The maximum atomic E-state index is 12.8. The molecule has 24 heavy (non-hydrogen) atoms. The summed E-state index contributed by atoms with van der Waals surface area (Å²) in [5, 5.41) is 2.66. The molecular formula is C18H23N3O2S. The van der Waals surface area contributed by atoms with Crippen LogP contribution in [-0.2, 0) is 16.0 Å². The summed E-state index contributed by atoms with van der Waals surface area (Å²) in [6.07, 6.45) is 3.00. The Hall–Kier alpha value is -1.76. The normalized spacial score (nSPS) is 18.5. The van der Waals surface area contributed by atoms with Gasteiger partial charge in [0.15, 0.2) is 5.13 Å². The van der Waals surface area contributed by atoms with E-state index in [0.717, 1.165) is 24.6 Å². The van der Waals surface area contributed by atoms with Gasteiger partial charge in [0.1, 0.15) is 0 Å². The van der Waals surface area contributed by atoms with E-state index in [1.165, 1.54) is 16.9 Å². The van der Waals surface area contributed by atoms with Gasteiger partial charge in [-0.25, -0.2) is 4.98 Å². The number of amides is 1. The molecule has 1 aliphatic rings. The van der Waals surface area contributed by atoms with Gasteiger partial charge in [-0.2, -0.15) is 0 Å². The summed E-state index contributed by atoms with van der Waals surface area (Å²) >= 11 is 1.50. The van der Waals surface area contributed by atoms with Gasteiger partial charge in [0.25, 0.3) is 0 Å². The number of nitrogens with zero attached hydrogens (tertiary/aromatic N) is 3. The number of morpholine rings is 1. The van der Waals surface area contributed by atoms with Crippen molar-refractivity contribution in [3.05, 3.63) is 47.5 Å². The lowest BCUT2D eigenvalue weighted by Crippen LogP contribution is -2.47. The first kappa shape index (κ1) is 17.1. The number of anilines is 1. The second kappa shape index (κ2) is 8.37. The van der Waals surface area contributed by atoms with Crippen LogP contribution in [0, 0.1) is 0 Å². The number of carbonyl (C=O) groups is 1. The topological polar surface area (TPSA) is 45.7 Å². The highest BCUT2D eigenvalue weighted by atomic mass is 32.1. The summed E-state index contributed by atoms with van der Waals surface area (Å²) in [6.45, 7) is 3.06. The number of likely N-dealkylation sites (N-methyl/N-ethyl adjacent to an activating group) is 1. The van der Waals surface area contributed by atoms with Crippen molar-refractivity contribution in [2.24, 2.45) is 0 Å². The summed E-state index contributed by atoms with van der Waals surface area (Å²) < 4.78 is 5.83. The molecule has 1 amide bonds. The molecule has 0 spiro atoms. The van der Waals surface area contributed by atoms with Gasteiger partial charge in [0.2, 0.25) is 5.91 Å². The molecule has 2 heterocycles. The summed E-state index contributed by atoms with van der Waals surface area (Å²) in [7, 11) is 2.08. The highest BCUT2D eigenvalue weighted by Crippen LogP contribution is 2.20. The van der Waals surface area contributed by atoms with Crippen molar-refractivity contribution in [3.8, 4) is 0 Å². The summed E-state index contributed by atoms with van der Waals surface area (Å²) in [5.41, 5.74) is 1.18. The van der Waals surface area contributed by atoms with E-state index in [9.17, 15) is 4.79 Å². The van der Waals surface area contributed by atoms with Gasteiger partial charge in [0, 0.05) is 31.1 Å². The third kappa shape index (κ3) is 4.63. The second-order valence-electron chi connectivity index (χ2n) is 6.06. The monoisotopic (exact) mass is 345 g/mol. The molecule has 0 saturated carbocycles. The molecule has 6 heteroatoms. The average Bonchev–Trinajstić information content (AvgIpc) is 3.13. The number of ether oxygens (including phenoxy) is 1. The van der Waals surface area contributed by atoms with Gasteiger partial charge in [-0.15, -0.1) is 11.3 Å². The van der Waals surface area contributed by atoms with Crippen LogP contribution in [0.15, 0.2) is 41.9 Å². The molecule has 128 valence electrons. The third-order valence-corrected chi connectivity index (χ3v) is 4.94. The van der Waals surface area contributed by atoms with Gasteiger partial charge in [-0.3, -0.25) is 9.69 Å². The van der Waals surface area contributed by atoms with E-state index in [4.69, 9.17) is 4.74 Å². The number of hydrogen-bond acceptors (Lipinski definition) is 5. The molecule has 0 aliphatic carbocycles. The van der Waals surface area contributed by atoms with E-state index in [1.807, 2.05) is 23.6 Å². The predicted octanol–water partition coefficient (Wildman–Crippen LogP) is 2.44. The maximum Gasteiger partial charge on any atom is 0.229 e. The average molecular weight is 345 g/mol. The van der Waals surface area contributed by atoms with E-state index in [1.54, 1.807) is 11.1 Å². The molecule has 1 aromatic carbocycles. The van der Waals surface area contributed by atoms with Crippen molar-refractivity contribution in [3.63, 3.8) is 0 Å². The van der Waals surface area contributed by atoms with E-state index >= 15 is 0 Å². The van der Waals surface area contributed by atoms with Crippen molar-refractivity contribution in [1.82, 2.24) is 9.88 Å². The molecule has 0 N–H and O–H groups in total. The molecule has 1 unspecified atom stereocenters. The first-order chi connectivity index (χ1) is 11.7. The maximum absolute atomic E-state index is 12.8. The molecule has 1 fully saturated rings. The van der Waals surface area contributed by atoms with Gasteiger partial charge in [0.05, 0.1) is 19.3 Å². The molecule has 3 rings (SSSR count). The first-order valence-electron chi connectivity index (χ1n) is 8.26. The Morgan fingerprint density at radius 1 is 1.42 bits per heavy atom. The summed E-state index contributed by atoms with van der Waals surface area (Å²) in [6, 6.07) is 10.1. The lowest BCUT2D eigenvalue weighted by Gasteiger charge is -2.33. The molecule has 1 saturated heterocycles. The minimum atomic E-state index is 0.0355. The van der Waals surface area contributed by atoms with Crippen LogP contribution in [0.25, 0.3) is 0 Å². The molecule has 1 aromatic heterocycles. The standard InChI is InChI=1S/C18H23N3O2S/c1-20-10-11-23-16(13-20)14-21(18-19-9-12-24-18)17(22)8-7-15-5-3-2-4-6-15/h2-6,9,12,16H,7-8,10-11,13-14H2,1H3. The first-order valence-corrected chi connectivity index (χ1v) is 9.14. The number of carbonyl (C=O) groups excluding carboxylic acids is 1. The SMILES string of the molecule is CN1CCOC(CN(C(=O)CCc2ccccc2)c2nccs2)C1. The molecule has 0 radical (unpaired) electrons. The Morgan fingerprint density at radius 3 is 2.96 bits per heavy atom. The highest BCUT2D eigenvalue weighted by Gasteiger charge is 2.25. The van der Waals surface area contributed by atoms with Crippen LogP contribution in [0.2, 0.25) is 0 Å². The fraction of sp³-hybridized carbons (Fsp3) is 0.444. The molecule has 5 nitrogen and oxygen atoms in total. The lowest BCUT2D eigenvalue weighted by molar-refractivity contribution is -0.119. The minimum Gasteiger partial charge on any atom is -0.374 e. The Morgan fingerprint density at radius 2 is 2.25 bits per heavy atom. The zero-order valence-electron chi connectivity index (χ0n) is 13.9. The van der Waals surface area contributed by atoms with Gasteiger partial charge < -0.3 is 9.64 Å². The Bertz CT molecular complexity index is 633. The summed E-state index contributed by atoms with van der Waals surface area (Å²) in [4.78, 5) is 21.2. The smallest absolute Gasteiger partial charge is 0.229 e. The quantitative estimate of drug-likeness (QED) is 0.807. The fourth-order valence-electron chi connectivity index (χ4n) is 2.85. The van der Waals surface area contributed by atoms with Crippen LogP contribution in [0.3, 0.4) is 0 Å². The van der Waals surface area contributed by atoms with Crippen LogP contribution in [-0.4, -0.2) is 55.2 Å². The molecule has 2 aromatic rings. The second-order valence-corrected chi connectivity index (χ2v) is 6.93. The van der Waals surface area contributed by atoms with Crippen LogP contribution in [0.5, 0.6) is 0 Å². The molecule has 1 aliphatic heterocycles. The molecule has 0 bridgehead atoms. The number of aryl methyl sites for hydroxylation is 1.